The van der Waals surface area contributed by atoms with Gasteiger partial charge in [-0.15, -0.1) is 11.3 Å². The van der Waals surface area contributed by atoms with Crippen LogP contribution in [0.4, 0.5) is 0 Å². The summed E-state index contributed by atoms with van der Waals surface area (Å²) in [6, 6.07) is 10.7. The molecule has 0 amide bonds. The molecule has 19 heavy (non-hydrogen) atoms. The van der Waals surface area contributed by atoms with Crippen molar-refractivity contribution in [2.24, 2.45) is 0 Å². The summed E-state index contributed by atoms with van der Waals surface area (Å²) in [6.07, 6.45) is 1.10. The van der Waals surface area contributed by atoms with Crippen molar-refractivity contribution < 1.29 is 4.74 Å². The fraction of sp³-hybridized carbons (Fsp3) is 0.375. The molecule has 1 heterocycles. The van der Waals surface area contributed by atoms with Gasteiger partial charge >= 0.3 is 0 Å². The van der Waals surface area contributed by atoms with Gasteiger partial charge in [0.1, 0.15) is 5.75 Å². The zero-order valence-corrected chi connectivity index (χ0v) is 12.6. The molecular weight excluding hydrogens is 254 g/mol. The number of methoxy groups -OCH3 is 1. The van der Waals surface area contributed by atoms with Crippen LogP contribution in [0.15, 0.2) is 35.7 Å². The van der Waals surface area contributed by atoms with Crippen LogP contribution in [0.5, 0.6) is 5.75 Å². The molecule has 1 atom stereocenters. The van der Waals surface area contributed by atoms with Gasteiger partial charge in [0.25, 0.3) is 0 Å². The molecule has 1 unspecified atom stereocenters. The van der Waals surface area contributed by atoms with Gasteiger partial charge in [-0.25, -0.2) is 0 Å². The topological polar surface area (TPSA) is 21.3 Å². The van der Waals surface area contributed by atoms with Crippen molar-refractivity contribution >= 4 is 11.3 Å². The average Bonchev–Trinajstić information content (AvgIpc) is 2.92. The Morgan fingerprint density at radius 2 is 2.05 bits per heavy atom. The van der Waals surface area contributed by atoms with Gasteiger partial charge < -0.3 is 10.1 Å². The first-order chi connectivity index (χ1) is 9.26. The van der Waals surface area contributed by atoms with Crippen molar-refractivity contribution in [2.45, 2.75) is 32.9 Å². The van der Waals surface area contributed by atoms with E-state index in [1.165, 1.54) is 16.0 Å². The summed E-state index contributed by atoms with van der Waals surface area (Å²) in [5.74, 6) is 0.949. The second-order valence-electron chi connectivity index (χ2n) is 4.57. The number of hydrogen-bond donors (Lipinski definition) is 1. The first kappa shape index (κ1) is 14.1. The average molecular weight is 275 g/mol. The highest BCUT2D eigenvalue weighted by atomic mass is 32.1. The van der Waals surface area contributed by atoms with Crippen molar-refractivity contribution in [1.82, 2.24) is 5.32 Å². The highest BCUT2D eigenvalue weighted by Crippen LogP contribution is 2.25. The van der Waals surface area contributed by atoms with Crippen LogP contribution in [0.2, 0.25) is 0 Å². The van der Waals surface area contributed by atoms with Gasteiger partial charge in [-0.3, -0.25) is 0 Å². The third-order valence-corrected chi connectivity index (χ3v) is 4.36. The predicted octanol–water partition coefficient (Wildman–Crippen LogP) is 4.17. The molecule has 1 aromatic carbocycles. The molecule has 0 aliphatic carbocycles. The Bertz CT molecular complexity index is 521. The van der Waals surface area contributed by atoms with E-state index in [4.69, 9.17) is 4.74 Å². The Labute approximate surface area is 119 Å². The molecule has 0 bridgehead atoms. The number of para-hydroxylation sites is 1. The zero-order chi connectivity index (χ0) is 13.7. The van der Waals surface area contributed by atoms with Gasteiger partial charge in [-0.05, 0) is 36.4 Å². The minimum atomic E-state index is 0.281. The maximum Gasteiger partial charge on any atom is 0.123 e. The van der Waals surface area contributed by atoms with E-state index in [1.54, 1.807) is 7.11 Å². The number of aryl methyl sites for hydroxylation is 1. The van der Waals surface area contributed by atoms with Crippen molar-refractivity contribution in [1.29, 1.82) is 0 Å². The van der Waals surface area contributed by atoms with Crippen molar-refractivity contribution in [3.8, 4) is 5.75 Å². The number of ether oxygens (including phenoxy) is 1. The Morgan fingerprint density at radius 1 is 1.26 bits per heavy atom. The van der Waals surface area contributed by atoms with Gasteiger partial charge in [0.05, 0.1) is 7.11 Å². The molecule has 102 valence electrons. The molecular formula is C16H21NOS. The van der Waals surface area contributed by atoms with Crippen LogP contribution in [0, 0.1) is 0 Å². The van der Waals surface area contributed by atoms with Crippen LogP contribution in [0.3, 0.4) is 0 Å². The van der Waals surface area contributed by atoms with Gasteiger partial charge in [-0.1, -0.05) is 25.1 Å². The minimum Gasteiger partial charge on any atom is -0.496 e. The molecule has 0 radical (unpaired) electrons. The number of hydrogen-bond acceptors (Lipinski definition) is 3. The maximum atomic E-state index is 5.41. The van der Waals surface area contributed by atoms with Crippen LogP contribution < -0.4 is 10.1 Å². The van der Waals surface area contributed by atoms with Crippen LogP contribution in [0.25, 0.3) is 0 Å². The Balaban J connectivity index is 2.03. The lowest BCUT2D eigenvalue weighted by atomic mass is 10.1. The lowest BCUT2D eigenvalue weighted by Crippen LogP contribution is -2.18. The number of nitrogens with one attached hydrogen (secondary N) is 1. The molecule has 0 saturated carbocycles. The number of rotatable bonds is 6. The minimum absolute atomic E-state index is 0.281. The van der Waals surface area contributed by atoms with Gasteiger partial charge in [0.2, 0.25) is 0 Å². The smallest absolute Gasteiger partial charge is 0.123 e. The fourth-order valence-electron chi connectivity index (χ4n) is 2.22. The van der Waals surface area contributed by atoms with Crippen molar-refractivity contribution in [2.75, 3.05) is 7.11 Å². The van der Waals surface area contributed by atoms with Crippen LogP contribution >= 0.6 is 11.3 Å². The molecule has 1 aromatic heterocycles. The van der Waals surface area contributed by atoms with E-state index in [2.05, 4.69) is 42.7 Å². The highest BCUT2D eigenvalue weighted by molar-refractivity contribution is 7.10. The Hall–Kier alpha value is -1.32. The van der Waals surface area contributed by atoms with Gasteiger partial charge in [0, 0.05) is 23.0 Å². The maximum absolute atomic E-state index is 5.41. The second kappa shape index (κ2) is 6.73. The quantitative estimate of drug-likeness (QED) is 0.854. The van der Waals surface area contributed by atoms with Crippen LogP contribution in [0.1, 0.15) is 35.9 Å². The fourth-order valence-corrected chi connectivity index (χ4v) is 3.14. The molecule has 1 N–H and O–H groups in total. The monoisotopic (exact) mass is 275 g/mol. The summed E-state index contributed by atoms with van der Waals surface area (Å²) >= 11 is 1.83. The molecule has 2 aromatic rings. The number of benzene rings is 1. The number of thiophene rings is 1. The lowest BCUT2D eigenvalue weighted by Gasteiger charge is -2.17. The normalized spacial score (nSPS) is 12.4. The highest BCUT2D eigenvalue weighted by Gasteiger charge is 2.11. The van der Waals surface area contributed by atoms with E-state index in [0.717, 1.165) is 18.7 Å². The van der Waals surface area contributed by atoms with E-state index < -0.39 is 0 Å². The third-order valence-electron chi connectivity index (χ3n) is 3.39. The van der Waals surface area contributed by atoms with E-state index in [-0.39, 0.29) is 6.04 Å². The molecule has 0 spiro atoms. The third kappa shape index (κ3) is 3.37. The van der Waals surface area contributed by atoms with Crippen molar-refractivity contribution in [3.05, 3.63) is 51.7 Å². The molecule has 0 aliphatic rings. The van der Waals surface area contributed by atoms with Crippen molar-refractivity contribution in [3.63, 3.8) is 0 Å². The summed E-state index contributed by atoms with van der Waals surface area (Å²) in [5, 5.41) is 5.75. The Morgan fingerprint density at radius 3 is 2.79 bits per heavy atom. The molecule has 2 nitrogen and oxygen atoms in total. The first-order valence-corrected chi connectivity index (χ1v) is 7.55. The molecule has 2 rings (SSSR count). The SMILES string of the molecule is CCc1ccsc1CNC(C)c1ccccc1OC. The standard InChI is InChI=1S/C16H21NOS/c1-4-13-9-10-19-16(13)11-17-12(2)14-7-5-6-8-15(14)18-3/h5-10,12,17H,4,11H2,1-3H3. The predicted molar refractivity (Wildman–Crippen MR) is 81.9 cm³/mol. The molecule has 0 saturated heterocycles. The summed E-state index contributed by atoms with van der Waals surface area (Å²) in [5.41, 5.74) is 2.66. The summed E-state index contributed by atoms with van der Waals surface area (Å²) in [4.78, 5) is 1.43. The van der Waals surface area contributed by atoms with E-state index in [0.29, 0.717) is 0 Å². The van der Waals surface area contributed by atoms with Gasteiger partial charge in [0.15, 0.2) is 0 Å². The molecule has 0 aliphatic heterocycles. The molecule has 0 fully saturated rings. The van der Waals surface area contributed by atoms with Gasteiger partial charge in [-0.2, -0.15) is 0 Å². The summed E-state index contributed by atoms with van der Waals surface area (Å²) in [6.45, 7) is 5.30. The summed E-state index contributed by atoms with van der Waals surface area (Å²) < 4.78 is 5.41. The van der Waals surface area contributed by atoms with E-state index in [1.807, 2.05) is 23.5 Å². The van der Waals surface area contributed by atoms with E-state index in [9.17, 15) is 0 Å². The second-order valence-corrected chi connectivity index (χ2v) is 5.57. The zero-order valence-electron chi connectivity index (χ0n) is 11.8. The van der Waals surface area contributed by atoms with Crippen LogP contribution in [-0.2, 0) is 13.0 Å². The van der Waals surface area contributed by atoms with E-state index >= 15 is 0 Å². The van der Waals surface area contributed by atoms with Crippen LogP contribution in [-0.4, -0.2) is 7.11 Å². The molecule has 3 heteroatoms. The summed E-state index contributed by atoms with van der Waals surface area (Å²) in [7, 11) is 1.72. The Kier molecular flexibility index (Phi) is 5.00. The lowest BCUT2D eigenvalue weighted by molar-refractivity contribution is 0.401. The largest absolute Gasteiger partial charge is 0.496 e. The first-order valence-electron chi connectivity index (χ1n) is 6.67.